The van der Waals surface area contributed by atoms with Gasteiger partial charge in [-0.05, 0) is 49.2 Å². The van der Waals surface area contributed by atoms with Gasteiger partial charge >= 0.3 is 6.03 Å². The van der Waals surface area contributed by atoms with Crippen molar-refractivity contribution in [2.24, 2.45) is 0 Å². The summed E-state index contributed by atoms with van der Waals surface area (Å²) < 4.78 is 5.98. The molecule has 1 aromatic heterocycles. The number of hydrogen-bond acceptors (Lipinski definition) is 3. The third-order valence-corrected chi connectivity index (χ3v) is 4.50. The molecule has 2 amide bonds. The van der Waals surface area contributed by atoms with E-state index in [1.807, 2.05) is 63.4 Å². The number of amides is 2. The number of fused-ring (bicyclic) bond motifs is 1. The lowest BCUT2D eigenvalue weighted by Crippen LogP contribution is -2.36. The molecule has 5 nitrogen and oxygen atoms in total. The molecular weight excluding hydrogens is 350 g/mol. The molecular formula is C23H27N3O2. The number of urea groups is 1. The Balaban J connectivity index is 1.74. The predicted molar refractivity (Wildman–Crippen MR) is 112 cm³/mol. The van der Waals surface area contributed by atoms with Gasteiger partial charge in [0.2, 0.25) is 0 Å². The summed E-state index contributed by atoms with van der Waals surface area (Å²) in [6, 6.07) is 16.0. The summed E-state index contributed by atoms with van der Waals surface area (Å²) in [5, 5.41) is 5.23. The standard InChI is InChI=1S/C23H27N3O2/c1-16(2)28-22-12-10-18-7-5-6-8-20(18)21(22)14-25-23(27)26(4)15-19-11-9-17(3)13-24-19/h5-13,16H,14-15H2,1-4H3,(H,25,27). The zero-order chi connectivity index (χ0) is 20.1. The minimum Gasteiger partial charge on any atom is -0.491 e. The molecule has 0 saturated heterocycles. The van der Waals surface area contributed by atoms with Crippen LogP contribution >= 0.6 is 0 Å². The minimum atomic E-state index is -0.147. The van der Waals surface area contributed by atoms with Gasteiger partial charge in [-0.2, -0.15) is 0 Å². The summed E-state index contributed by atoms with van der Waals surface area (Å²) in [4.78, 5) is 18.6. The largest absolute Gasteiger partial charge is 0.491 e. The van der Waals surface area contributed by atoms with Gasteiger partial charge in [0.05, 0.1) is 18.3 Å². The Morgan fingerprint density at radius 2 is 1.93 bits per heavy atom. The molecule has 1 N–H and O–H groups in total. The average molecular weight is 377 g/mol. The van der Waals surface area contributed by atoms with E-state index in [0.717, 1.165) is 33.3 Å². The molecule has 0 aliphatic rings. The lowest BCUT2D eigenvalue weighted by Gasteiger charge is -2.20. The van der Waals surface area contributed by atoms with Gasteiger partial charge in [-0.15, -0.1) is 0 Å². The maximum absolute atomic E-state index is 12.6. The number of pyridine rings is 1. The number of benzene rings is 2. The average Bonchev–Trinajstić information content (AvgIpc) is 2.68. The zero-order valence-electron chi connectivity index (χ0n) is 16.9. The molecule has 0 aliphatic heterocycles. The number of aryl methyl sites for hydroxylation is 1. The lowest BCUT2D eigenvalue weighted by atomic mass is 10.0. The fraction of sp³-hybridized carbons (Fsp3) is 0.304. The van der Waals surface area contributed by atoms with Gasteiger partial charge in [0.25, 0.3) is 0 Å². The van der Waals surface area contributed by atoms with Crippen molar-refractivity contribution in [3.05, 3.63) is 71.5 Å². The van der Waals surface area contributed by atoms with Gasteiger partial charge in [-0.25, -0.2) is 4.79 Å². The van der Waals surface area contributed by atoms with Crippen molar-refractivity contribution in [3.8, 4) is 5.75 Å². The highest BCUT2D eigenvalue weighted by Crippen LogP contribution is 2.29. The highest BCUT2D eigenvalue weighted by atomic mass is 16.5. The monoisotopic (exact) mass is 377 g/mol. The van der Waals surface area contributed by atoms with Crippen LogP contribution in [0.2, 0.25) is 0 Å². The number of ether oxygens (including phenoxy) is 1. The molecule has 0 unspecified atom stereocenters. The van der Waals surface area contributed by atoms with Crippen LogP contribution in [0.5, 0.6) is 5.75 Å². The van der Waals surface area contributed by atoms with E-state index in [1.54, 1.807) is 11.9 Å². The van der Waals surface area contributed by atoms with Crippen LogP contribution in [0, 0.1) is 6.92 Å². The molecule has 3 aromatic rings. The van der Waals surface area contributed by atoms with Crippen molar-refractivity contribution in [3.63, 3.8) is 0 Å². The first-order valence-electron chi connectivity index (χ1n) is 9.52. The second kappa shape index (κ2) is 8.74. The molecule has 2 aromatic carbocycles. The van der Waals surface area contributed by atoms with Crippen molar-refractivity contribution in [1.82, 2.24) is 15.2 Å². The van der Waals surface area contributed by atoms with Gasteiger partial charge in [0, 0.05) is 25.4 Å². The molecule has 0 saturated carbocycles. The van der Waals surface area contributed by atoms with E-state index in [4.69, 9.17) is 4.74 Å². The molecule has 0 bridgehead atoms. The fourth-order valence-electron chi connectivity index (χ4n) is 3.07. The number of carbonyl (C=O) groups is 1. The van der Waals surface area contributed by atoms with Crippen LogP contribution in [0.15, 0.2) is 54.7 Å². The summed E-state index contributed by atoms with van der Waals surface area (Å²) in [7, 11) is 1.77. The Morgan fingerprint density at radius 3 is 2.64 bits per heavy atom. The van der Waals surface area contributed by atoms with E-state index in [9.17, 15) is 4.79 Å². The molecule has 28 heavy (non-hydrogen) atoms. The van der Waals surface area contributed by atoms with Crippen molar-refractivity contribution in [2.45, 2.75) is 40.0 Å². The van der Waals surface area contributed by atoms with Crippen molar-refractivity contribution < 1.29 is 9.53 Å². The molecule has 0 radical (unpaired) electrons. The summed E-state index contributed by atoms with van der Waals surface area (Å²) >= 11 is 0. The highest BCUT2D eigenvalue weighted by Gasteiger charge is 2.14. The van der Waals surface area contributed by atoms with Crippen LogP contribution in [-0.4, -0.2) is 29.1 Å². The van der Waals surface area contributed by atoms with E-state index in [1.165, 1.54) is 0 Å². The molecule has 0 aliphatic carbocycles. The Bertz CT molecular complexity index is 952. The first kappa shape index (κ1) is 19.7. The first-order valence-corrected chi connectivity index (χ1v) is 9.52. The van der Waals surface area contributed by atoms with E-state index in [2.05, 4.69) is 22.4 Å². The lowest BCUT2D eigenvalue weighted by molar-refractivity contribution is 0.205. The summed E-state index contributed by atoms with van der Waals surface area (Å²) in [6.07, 6.45) is 1.87. The smallest absolute Gasteiger partial charge is 0.317 e. The first-order chi connectivity index (χ1) is 13.4. The fourth-order valence-corrected chi connectivity index (χ4v) is 3.07. The normalized spacial score (nSPS) is 10.9. The van der Waals surface area contributed by atoms with Crippen molar-refractivity contribution in [2.75, 3.05) is 7.05 Å². The third-order valence-electron chi connectivity index (χ3n) is 4.50. The molecule has 146 valence electrons. The van der Waals surface area contributed by atoms with Gasteiger partial charge < -0.3 is 15.0 Å². The van der Waals surface area contributed by atoms with Gasteiger partial charge in [-0.3, -0.25) is 4.98 Å². The number of hydrogen-bond donors (Lipinski definition) is 1. The van der Waals surface area contributed by atoms with Crippen LogP contribution in [0.3, 0.4) is 0 Å². The number of rotatable bonds is 6. The Labute approximate surface area is 166 Å². The van der Waals surface area contributed by atoms with Crippen LogP contribution in [0.4, 0.5) is 4.79 Å². The molecule has 3 rings (SSSR count). The molecule has 5 heteroatoms. The quantitative estimate of drug-likeness (QED) is 0.679. The third kappa shape index (κ3) is 4.80. The van der Waals surface area contributed by atoms with E-state index in [0.29, 0.717) is 13.1 Å². The number of nitrogens with one attached hydrogen (secondary N) is 1. The second-order valence-corrected chi connectivity index (χ2v) is 7.27. The van der Waals surface area contributed by atoms with Crippen LogP contribution in [0.1, 0.15) is 30.7 Å². The Kier molecular flexibility index (Phi) is 6.14. The van der Waals surface area contributed by atoms with E-state index < -0.39 is 0 Å². The molecule has 0 spiro atoms. The Hall–Kier alpha value is -3.08. The van der Waals surface area contributed by atoms with Gasteiger partial charge in [0.1, 0.15) is 5.75 Å². The topological polar surface area (TPSA) is 54.5 Å². The van der Waals surface area contributed by atoms with Crippen molar-refractivity contribution in [1.29, 1.82) is 0 Å². The maximum atomic E-state index is 12.6. The zero-order valence-corrected chi connectivity index (χ0v) is 16.9. The van der Waals surface area contributed by atoms with Crippen LogP contribution in [0.25, 0.3) is 10.8 Å². The van der Waals surface area contributed by atoms with Gasteiger partial charge in [0.15, 0.2) is 0 Å². The highest BCUT2D eigenvalue weighted by molar-refractivity contribution is 5.88. The number of carbonyl (C=O) groups excluding carboxylic acids is 1. The van der Waals surface area contributed by atoms with Crippen LogP contribution in [-0.2, 0) is 13.1 Å². The second-order valence-electron chi connectivity index (χ2n) is 7.27. The number of aromatic nitrogens is 1. The predicted octanol–water partition coefficient (Wildman–Crippen LogP) is 4.67. The van der Waals surface area contributed by atoms with Crippen molar-refractivity contribution >= 4 is 16.8 Å². The summed E-state index contributed by atoms with van der Waals surface area (Å²) in [6.45, 7) is 6.85. The summed E-state index contributed by atoms with van der Waals surface area (Å²) in [5.74, 6) is 0.803. The van der Waals surface area contributed by atoms with E-state index in [-0.39, 0.29) is 12.1 Å². The van der Waals surface area contributed by atoms with Gasteiger partial charge in [-0.1, -0.05) is 36.4 Å². The van der Waals surface area contributed by atoms with Crippen LogP contribution < -0.4 is 10.1 Å². The number of nitrogens with zero attached hydrogens (tertiary/aromatic N) is 2. The molecule has 0 fully saturated rings. The SMILES string of the molecule is Cc1ccc(CN(C)C(=O)NCc2c(OC(C)C)ccc3ccccc23)nc1. The summed E-state index contributed by atoms with van der Waals surface area (Å²) in [5.41, 5.74) is 2.95. The Morgan fingerprint density at radius 1 is 1.14 bits per heavy atom. The maximum Gasteiger partial charge on any atom is 0.317 e. The minimum absolute atomic E-state index is 0.0610. The van der Waals surface area contributed by atoms with E-state index >= 15 is 0 Å². The molecule has 1 heterocycles. The molecule has 0 atom stereocenters.